The van der Waals surface area contributed by atoms with Crippen molar-refractivity contribution in [1.29, 1.82) is 0 Å². The Morgan fingerprint density at radius 1 is 1.05 bits per heavy atom. The van der Waals surface area contributed by atoms with E-state index in [9.17, 15) is 13.5 Å². The lowest BCUT2D eigenvalue weighted by Crippen LogP contribution is -2.36. The predicted octanol–water partition coefficient (Wildman–Crippen LogP) is 2.28. The van der Waals surface area contributed by atoms with Crippen molar-refractivity contribution >= 4 is 10.0 Å². The molecule has 0 saturated carbocycles. The summed E-state index contributed by atoms with van der Waals surface area (Å²) in [5.74, 6) is 0.193. The van der Waals surface area contributed by atoms with E-state index in [0.29, 0.717) is 19.5 Å². The molecular formula is C16H17NO3S. The minimum atomic E-state index is -3.34. The van der Waals surface area contributed by atoms with Gasteiger partial charge in [-0.25, -0.2) is 8.42 Å². The van der Waals surface area contributed by atoms with Crippen LogP contribution in [-0.4, -0.2) is 24.4 Å². The number of sulfonamides is 1. The highest BCUT2D eigenvalue weighted by Crippen LogP contribution is 2.25. The lowest BCUT2D eigenvalue weighted by atomic mass is 10.0. The van der Waals surface area contributed by atoms with Crippen LogP contribution in [0.25, 0.3) is 0 Å². The number of phenolic OH excluding ortho intramolecular Hbond substituents is 1. The summed E-state index contributed by atoms with van der Waals surface area (Å²) in [4.78, 5) is 0. The SMILES string of the molecule is O=S(=O)(Cc1ccccc1)N1CCc2ccc(O)cc2C1. The summed E-state index contributed by atoms with van der Waals surface area (Å²) in [5, 5.41) is 9.54. The molecule has 1 aliphatic rings. The number of hydrogen-bond acceptors (Lipinski definition) is 3. The van der Waals surface area contributed by atoms with Crippen molar-refractivity contribution in [2.75, 3.05) is 6.54 Å². The molecule has 0 unspecified atom stereocenters. The minimum absolute atomic E-state index is 0.0159. The molecule has 0 saturated heterocycles. The Balaban J connectivity index is 1.81. The summed E-state index contributed by atoms with van der Waals surface area (Å²) in [7, 11) is -3.34. The number of hydrogen-bond donors (Lipinski definition) is 1. The van der Waals surface area contributed by atoms with Gasteiger partial charge in [-0.2, -0.15) is 4.31 Å². The van der Waals surface area contributed by atoms with E-state index in [4.69, 9.17) is 0 Å². The third-order valence-electron chi connectivity index (χ3n) is 3.75. The molecule has 21 heavy (non-hydrogen) atoms. The maximum Gasteiger partial charge on any atom is 0.218 e. The summed E-state index contributed by atoms with van der Waals surface area (Å²) in [5.41, 5.74) is 2.79. The van der Waals surface area contributed by atoms with Gasteiger partial charge in [0.25, 0.3) is 0 Å². The maximum absolute atomic E-state index is 12.5. The summed E-state index contributed by atoms with van der Waals surface area (Å²) in [6, 6.07) is 14.4. The van der Waals surface area contributed by atoms with Crippen LogP contribution in [0, 0.1) is 0 Å². The smallest absolute Gasteiger partial charge is 0.218 e. The van der Waals surface area contributed by atoms with E-state index in [2.05, 4.69) is 0 Å². The molecule has 0 aromatic heterocycles. The molecule has 0 atom stereocenters. The summed E-state index contributed by atoms with van der Waals surface area (Å²) in [6.45, 7) is 0.825. The van der Waals surface area contributed by atoms with E-state index in [1.165, 1.54) is 4.31 Å². The number of rotatable bonds is 3. The van der Waals surface area contributed by atoms with Crippen molar-refractivity contribution < 1.29 is 13.5 Å². The Labute approximate surface area is 124 Å². The van der Waals surface area contributed by atoms with Gasteiger partial charge in [-0.3, -0.25) is 0 Å². The first-order valence-corrected chi connectivity index (χ1v) is 8.48. The molecule has 0 aliphatic carbocycles. The standard InChI is InChI=1S/C16H17NO3S/c18-16-7-6-14-8-9-17(11-15(14)10-16)21(19,20)12-13-4-2-1-3-5-13/h1-7,10,18H,8-9,11-12H2. The van der Waals surface area contributed by atoms with Crippen LogP contribution in [-0.2, 0) is 28.7 Å². The number of phenols is 1. The number of aromatic hydroxyl groups is 1. The van der Waals surface area contributed by atoms with Gasteiger partial charge in [-0.1, -0.05) is 36.4 Å². The minimum Gasteiger partial charge on any atom is -0.508 e. The second-order valence-electron chi connectivity index (χ2n) is 5.28. The van der Waals surface area contributed by atoms with Crippen LogP contribution in [0.3, 0.4) is 0 Å². The van der Waals surface area contributed by atoms with Crippen LogP contribution in [0.1, 0.15) is 16.7 Å². The topological polar surface area (TPSA) is 57.6 Å². The molecule has 1 N–H and O–H groups in total. The van der Waals surface area contributed by atoms with Crippen molar-refractivity contribution in [2.45, 2.75) is 18.7 Å². The predicted molar refractivity (Wildman–Crippen MR) is 81.3 cm³/mol. The van der Waals surface area contributed by atoms with E-state index in [1.54, 1.807) is 12.1 Å². The lowest BCUT2D eigenvalue weighted by Gasteiger charge is -2.28. The maximum atomic E-state index is 12.5. The second-order valence-corrected chi connectivity index (χ2v) is 7.25. The first-order chi connectivity index (χ1) is 10.0. The van der Waals surface area contributed by atoms with Crippen LogP contribution < -0.4 is 0 Å². The molecule has 0 bridgehead atoms. The second kappa shape index (κ2) is 5.50. The molecule has 0 spiro atoms. The van der Waals surface area contributed by atoms with Crippen LogP contribution in [0.15, 0.2) is 48.5 Å². The zero-order valence-corrected chi connectivity index (χ0v) is 12.4. The molecule has 110 valence electrons. The van der Waals surface area contributed by atoms with E-state index >= 15 is 0 Å². The van der Waals surface area contributed by atoms with Crippen LogP contribution in [0.5, 0.6) is 5.75 Å². The van der Waals surface area contributed by atoms with Gasteiger partial charge in [-0.05, 0) is 35.2 Å². The quantitative estimate of drug-likeness (QED) is 0.946. The van der Waals surface area contributed by atoms with Crippen molar-refractivity contribution in [3.05, 3.63) is 65.2 Å². The number of fused-ring (bicyclic) bond motifs is 1. The van der Waals surface area contributed by atoms with Crippen molar-refractivity contribution in [3.8, 4) is 5.75 Å². The molecule has 4 nitrogen and oxygen atoms in total. The van der Waals surface area contributed by atoms with Crippen LogP contribution in [0.2, 0.25) is 0 Å². The van der Waals surface area contributed by atoms with Crippen LogP contribution in [0.4, 0.5) is 0 Å². The summed E-state index contributed by atoms with van der Waals surface area (Å²) in [6.07, 6.45) is 0.684. The largest absolute Gasteiger partial charge is 0.508 e. The summed E-state index contributed by atoms with van der Waals surface area (Å²) < 4.78 is 26.5. The monoisotopic (exact) mass is 303 g/mol. The molecule has 3 rings (SSSR count). The molecule has 1 heterocycles. The Kier molecular flexibility index (Phi) is 3.69. The van der Waals surface area contributed by atoms with Gasteiger partial charge in [0.05, 0.1) is 5.75 Å². The third kappa shape index (κ3) is 3.09. The van der Waals surface area contributed by atoms with Crippen molar-refractivity contribution in [1.82, 2.24) is 4.31 Å². The normalized spacial score (nSPS) is 15.6. The Bertz CT molecular complexity index is 741. The average Bonchev–Trinajstić information content (AvgIpc) is 2.47. The zero-order valence-electron chi connectivity index (χ0n) is 11.6. The number of nitrogens with zero attached hydrogens (tertiary/aromatic N) is 1. The van der Waals surface area contributed by atoms with Gasteiger partial charge >= 0.3 is 0 Å². The molecule has 2 aromatic rings. The summed E-state index contributed by atoms with van der Waals surface area (Å²) >= 11 is 0. The molecule has 5 heteroatoms. The Morgan fingerprint density at radius 2 is 1.81 bits per heavy atom. The Hall–Kier alpha value is -1.85. The highest BCUT2D eigenvalue weighted by molar-refractivity contribution is 7.88. The lowest BCUT2D eigenvalue weighted by molar-refractivity contribution is 0.388. The first kappa shape index (κ1) is 14.1. The van der Waals surface area contributed by atoms with Gasteiger partial charge in [0.15, 0.2) is 0 Å². The van der Waals surface area contributed by atoms with E-state index in [-0.39, 0.29) is 11.5 Å². The van der Waals surface area contributed by atoms with Gasteiger partial charge < -0.3 is 5.11 Å². The van der Waals surface area contributed by atoms with Gasteiger partial charge in [0.1, 0.15) is 5.75 Å². The first-order valence-electron chi connectivity index (χ1n) is 6.87. The van der Waals surface area contributed by atoms with Gasteiger partial charge in [0, 0.05) is 13.1 Å². The molecule has 2 aromatic carbocycles. The third-order valence-corrected chi connectivity index (χ3v) is 5.55. The molecular weight excluding hydrogens is 286 g/mol. The fraction of sp³-hybridized carbons (Fsp3) is 0.250. The van der Waals surface area contributed by atoms with Gasteiger partial charge in [0.2, 0.25) is 10.0 Å². The van der Waals surface area contributed by atoms with E-state index in [1.807, 2.05) is 36.4 Å². The molecule has 0 fully saturated rings. The number of benzene rings is 2. The zero-order chi connectivity index (χ0) is 14.9. The fourth-order valence-corrected chi connectivity index (χ4v) is 4.13. The van der Waals surface area contributed by atoms with E-state index in [0.717, 1.165) is 16.7 Å². The van der Waals surface area contributed by atoms with Crippen molar-refractivity contribution in [2.24, 2.45) is 0 Å². The Morgan fingerprint density at radius 3 is 2.57 bits per heavy atom. The molecule has 0 amide bonds. The average molecular weight is 303 g/mol. The van der Waals surface area contributed by atoms with Crippen molar-refractivity contribution in [3.63, 3.8) is 0 Å². The van der Waals surface area contributed by atoms with E-state index < -0.39 is 10.0 Å². The molecule has 1 aliphatic heterocycles. The highest BCUT2D eigenvalue weighted by atomic mass is 32.2. The molecule has 0 radical (unpaired) electrons. The fourth-order valence-electron chi connectivity index (χ4n) is 2.63. The van der Waals surface area contributed by atoms with Gasteiger partial charge in [-0.15, -0.1) is 0 Å². The highest BCUT2D eigenvalue weighted by Gasteiger charge is 2.26. The van der Waals surface area contributed by atoms with Crippen LogP contribution >= 0.6 is 0 Å².